The second kappa shape index (κ2) is 1.16. The molecule has 1 saturated heterocycles. The van der Waals surface area contributed by atoms with Gasteiger partial charge in [-0.25, -0.2) is 4.79 Å². The van der Waals surface area contributed by atoms with Gasteiger partial charge in [-0.2, -0.15) is 0 Å². The Morgan fingerprint density at radius 1 is 2.33 bits per heavy atom. The molecule has 1 aliphatic heterocycles. The number of cyclic esters (lactones) is 1. The predicted molar refractivity (Wildman–Crippen MR) is 19.4 cm³/mol. The molecule has 6 heavy (non-hydrogen) atoms. The van der Waals surface area contributed by atoms with Crippen molar-refractivity contribution in [2.45, 2.75) is 0 Å². The molecule has 0 saturated carbocycles. The molecule has 0 aromatic rings. The second-order valence-electron chi connectivity index (χ2n) is 0.889. The topological polar surface area (TPSA) is 38.3 Å². The summed E-state index contributed by atoms with van der Waals surface area (Å²) in [6.07, 6.45) is -0.731. The number of carbonyl (C=O) groups is 1. The summed E-state index contributed by atoms with van der Waals surface area (Å²) in [4.78, 5) is 10.2. The summed E-state index contributed by atoms with van der Waals surface area (Å²) in [7, 11) is 0. The summed E-state index contributed by atoms with van der Waals surface area (Å²) in [5.74, 6) is 0. The molecule has 0 bridgehead atoms. The maximum atomic E-state index is 10.2. The Morgan fingerprint density at radius 3 is 3.33 bits per heavy atom. The zero-order chi connectivity index (χ0) is 6.15. The number of rotatable bonds is 0. The van der Waals surface area contributed by atoms with Crippen LogP contribution in [0.25, 0.3) is 0 Å². The summed E-state index contributed by atoms with van der Waals surface area (Å²) in [5.41, 5.74) is 0. The van der Waals surface area contributed by atoms with Crippen molar-refractivity contribution in [3.05, 3.63) is 0 Å². The maximum Gasteiger partial charge on any atom is 0.407 e. The molecule has 1 unspecified atom stereocenters. The number of alkyl carbamates (subject to hydrolysis) is 1. The highest BCUT2D eigenvalue weighted by Crippen LogP contribution is 1.82. The van der Waals surface area contributed by atoms with Gasteiger partial charge in [0.25, 0.3) is 0 Å². The van der Waals surface area contributed by atoms with Crippen LogP contribution in [0.2, 0.25) is 1.41 Å². The number of hydrogen-bond donors (Lipinski definition) is 1. The third-order valence-electron chi connectivity index (χ3n) is 0.478. The number of ether oxygens (including phenoxy) is 1. The average Bonchev–Trinajstić information content (AvgIpc) is 1.98. The molecule has 1 heterocycles. The SMILES string of the molecule is [2H]C1COC(=O)N1[2H]. The van der Waals surface area contributed by atoms with Crippen molar-refractivity contribution >= 4 is 6.09 Å². The van der Waals surface area contributed by atoms with E-state index in [4.69, 9.17) is 2.78 Å². The van der Waals surface area contributed by atoms with Crippen LogP contribution < -0.4 is 5.31 Å². The third-order valence-corrected chi connectivity index (χ3v) is 0.478. The third kappa shape index (κ3) is 0.429. The van der Waals surface area contributed by atoms with Gasteiger partial charge in [0.2, 0.25) is 0 Å². The van der Waals surface area contributed by atoms with E-state index in [1.165, 1.54) is 0 Å². The van der Waals surface area contributed by atoms with E-state index < -0.39 is 12.6 Å². The minimum absolute atomic E-state index is 0.0162. The Hall–Kier alpha value is -0.730. The minimum Gasteiger partial charge on any atom is -0.448 e. The number of carbonyl (C=O) groups excluding carboxylic acids is 1. The van der Waals surface area contributed by atoms with Crippen molar-refractivity contribution in [2.75, 3.05) is 13.1 Å². The van der Waals surface area contributed by atoms with Crippen LogP contribution in [0.5, 0.6) is 0 Å². The number of hydrogen-bond acceptors (Lipinski definition) is 2. The van der Waals surface area contributed by atoms with Crippen molar-refractivity contribution in [1.82, 2.24) is 5.31 Å². The molecule has 0 aromatic carbocycles. The van der Waals surface area contributed by atoms with Gasteiger partial charge in [-0.3, -0.25) is 0 Å². The highest BCUT2D eigenvalue weighted by Gasteiger charge is 2.06. The van der Waals surface area contributed by atoms with E-state index in [1.54, 1.807) is 0 Å². The molecule has 0 spiro atoms. The fourth-order valence-corrected chi connectivity index (χ4v) is 0.258. The molecule has 3 nitrogen and oxygen atoms in total. The molecule has 34 valence electrons. The number of amides is 1. The lowest BCUT2D eigenvalue weighted by Gasteiger charge is -1.80. The largest absolute Gasteiger partial charge is 0.448 e. The van der Waals surface area contributed by atoms with Crippen LogP contribution >= 0.6 is 0 Å². The quantitative estimate of drug-likeness (QED) is 0.443. The van der Waals surface area contributed by atoms with E-state index in [2.05, 4.69) is 4.74 Å². The molecule has 1 rings (SSSR count). The second-order valence-corrected chi connectivity index (χ2v) is 0.889. The Kier molecular flexibility index (Phi) is 0.352. The molecule has 0 aliphatic carbocycles. The highest BCUT2D eigenvalue weighted by molar-refractivity contribution is 5.68. The van der Waals surface area contributed by atoms with E-state index in [0.29, 0.717) is 5.31 Å². The Balaban J connectivity index is 2.56. The maximum absolute atomic E-state index is 10.2. The van der Waals surface area contributed by atoms with Crippen LogP contribution in [0, 0.1) is 0 Å². The molecule has 1 N–H and O–H groups in total. The van der Waals surface area contributed by atoms with E-state index >= 15 is 0 Å². The summed E-state index contributed by atoms with van der Waals surface area (Å²) >= 11 is 0. The molecule has 0 radical (unpaired) electrons. The molecule has 1 fully saturated rings. The van der Waals surface area contributed by atoms with Gasteiger partial charge in [0.15, 0.2) is 1.41 Å². The van der Waals surface area contributed by atoms with Crippen LogP contribution in [-0.4, -0.2) is 19.2 Å². The monoisotopic (exact) mass is 89.0 g/mol. The first kappa shape index (κ1) is 1.82. The summed E-state index contributed by atoms with van der Waals surface area (Å²) in [6, 6.07) is 0. The van der Waals surface area contributed by atoms with Gasteiger partial charge in [0.05, 0.1) is 7.89 Å². The lowest BCUT2D eigenvalue weighted by molar-refractivity contribution is 0.178. The molecular formula is C3H5NO2. The van der Waals surface area contributed by atoms with Gasteiger partial charge < -0.3 is 10.0 Å². The van der Waals surface area contributed by atoms with Crippen LogP contribution in [0.1, 0.15) is 1.37 Å². The van der Waals surface area contributed by atoms with Crippen molar-refractivity contribution < 1.29 is 12.3 Å². The molecule has 1 amide bonds. The standard InChI is InChI=1S/C3H5NO2/c5-3-4-1-2-6-3/h1-2H2,(H,4,5)/i1D/hD. The molecule has 0 aromatic heterocycles. The zero-order valence-electron chi connectivity index (χ0n) is 5.05. The fraction of sp³-hybridized carbons (Fsp3) is 0.667. The van der Waals surface area contributed by atoms with E-state index in [9.17, 15) is 4.79 Å². The minimum atomic E-state index is -0.831. The normalized spacial score (nSPS) is 38.3. The van der Waals surface area contributed by atoms with Gasteiger partial charge in [0, 0.05) is 0 Å². The van der Waals surface area contributed by atoms with Crippen LogP contribution in [0.15, 0.2) is 0 Å². The first-order valence-corrected chi connectivity index (χ1v) is 1.59. The molecule has 1 atom stereocenters. The lowest BCUT2D eigenvalue weighted by atomic mass is 10.7. The van der Waals surface area contributed by atoms with E-state index in [0.717, 1.165) is 0 Å². The Bertz CT molecular complexity index is 118. The van der Waals surface area contributed by atoms with Gasteiger partial charge in [-0.1, -0.05) is 0 Å². The Labute approximate surface area is 38.2 Å². The van der Waals surface area contributed by atoms with Gasteiger partial charge in [0.1, 0.15) is 6.61 Å². The molecule has 3 heteroatoms. The predicted octanol–water partition coefficient (Wildman–Crippen LogP) is -0.274. The van der Waals surface area contributed by atoms with Crippen LogP contribution in [0.4, 0.5) is 4.79 Å². The smallest absolute Gasteiger partial charge is 0.407 e. The highest BCUT2D eigenvalue weighted by atomic mass is 16.6. The van der Waals surface area contributed by atoms with Crippen LogP contribution in [0.3, 0.4) is 0 Å². The van der Waals surface area contributed by atoms with E-state index in [1.807, 2.05) is 0 Å². The van der Waals surface area contributed by atoms with Crippen molar-refractivity contribution in [2.24, 2.45) is 0 Å². The zero-order valence-corrected chi connectivity index (χ0v) is 3.05. The van der Waals surface area contributed by atoms with Crippen LogP contribution in [-0.2, 0) is 4.74 Å². The summed E-state index contributed by atoms with van der Waals surface area (Å²) in [5, 5.41) is 0.500. The molecule has 1 aliphatic rings. The van der Waals surface area contributed by atoms with Crippen molar-refractivity contribution in [3.63, 3.8) is 0 Å². The van der Waals surface area contributed by atoms with Gasteiger partial charge in [-0.15, -0.1) is 0 Å². The molecular weight excluding hydrogens is 82.0 g/mol. The van der Waals surface area contributed by atoms with E-state index in [-0.39, 0.29) is 6.61 Å². The fourth-order valence-electron chi connectivity index (χ4n) is 0.258. The lowest BCUT2D eigenvalue weighted by Crippen LogP contribution is -2.11. The first-order chi connectivity index (χ1) is 3.72. The number of nitrogens with one attached hydrogen (secondary N) is 1. The summed E-state index contributed by atoms with van der Waals surface area (Å²) in [6.45, 7) is -0.815. The Morgan fingerprint density at radius 2 is 3.17 bits per heavy atom. The first-order valence-electron chi connectivity index (χ1n) is 2.61. The van der Waals surface area contributed by atoms with Gasteiger partial charge in [-0.05, 0) is 0 Å². The average molecular weight is 89.1 g/mol. The van der Waals surface area contributed by atoms with Crippen molar-refractivity contribution in [1.29, 1.82) is 0 Å². The summed E-state index contributed by atoms with van der Waals surface area (Å²) < 4.78 is 17.9. The van der Waals surface area contributed by atoms with Crippen molar-refractivity contribution in [3.8, 4) is 0 Å². The van der Waals surface area contributed by atoms with Gasteiger partial charge >= 0.3 is 6.09 Å².